The van der Waals surface area contributed by atoms with Crippen molar-refractivity contribution in [3.8, 4) is 0 Å². The van der Waals surface area contributed by atoms with Gasteiger partial charge in [0.2, 0.25) is 24.7 Å². The van der Waals surface area contributed by atoms with Gasteiger partial charge < -0.3 is 0 Å². The maximum atomic E-state index is 4.59. The fourth-order valence-electron chi connectivity index (χ4n) is 9.42. The van der Waals surface area contributed by atoms with Crippen LogP contribution in [0.25, 0.3) is 12.2 Å². The lowest BCUT2D eigenvalue weighted by Gasteiger charge is -2.20. The summed E-state index contributed by atoms with van der Waals surface area (Å²) in [5, 5.41) is 52.5. The van der Waals surface area contributed by atoms with Gasteiger partial charge in [-0.2, -0.15) is 30.6 Å². The largest absolute Gasteiger partial charge is 0.279 e. The third kappa shape index (κ3) is 14.3. The smallest absolute Gasteiger partial charge is 0.202 e. The van der Waals surface area contributed by atoms with E-state index in [0.29, 0.717) is 0 Å². The third-order valence-electron chi connectivity index (χ3n) is 13.4. The number of aromatic nitrogens is 18. The molecule has 6 aliphatic rings. The predicted molar refractivity (Wildman–Crippen MR) is 315 cm³/mol. The van der Waals surface area contributed by atoms with Gasteiger partial charge in [-0.15, -0.1) is 15.3 Å². The van der Waals surface area contributed by atoms with Crippen LogP contribution in [0.2, 0.25) is 118 Å². The summed E-state index contributed by atoms with van der Waals surface area (Å²) >= 11 is 0. The average Bonchev–Trinajstić information content (AvgIpc) is 4.12. The summed E-state index contributed by atoms with van der Waals surface area (Å²) in [6.07, 6.45) is 27.2. The standard InChI is InChI=1S/2C9H17N3Si.C8H15N3Si.C8H13N3Si.C8H15N3Si.C8H13N3Si/c1-13(2,3)12-9-7-5-4-6-8(9)10-11-12;1-13(2,3)12-10-8-6-4-5-7-9(8)11-12;2*1-12(2,3)11-8-6-4-5-7(8)9-10-11;2*1-12(2,3)11-9-7-5-4-6-8(7)10-11/h2*4-7H2,1-3H3;4-6H2,1-3H3;4-5H,6H2,1-3H3;4-6H2,1-3H3;4-5H,6H2,1-3H3. The Morgan fingerprint density at radius 2 is 0.622 bits per heavy atom. The van der Waals surface area contributed by atoms with E-state index in [0.717, 1.165) is 68.4 Å². The van der Waals surface area contributed by atoms with Crippen LogP contribution in [0.15, 0.2) is 12.2 Å². The van der Waals surface area contributed by atoms with E-state index in [-0.39, 0.29) is 0 Å². The number of nitrogens with zero attached hydrogens (tertiary/aromatic N) is 18. The van der Waals surface area contributed by atoms with Crippen molar-refractivity contribution in [1.82, 2.24) is 88.0 Å². The molecule has 6 aromatic rings. The van der Waals surface area contributed by atoms with Crippen LogP contribution in [0.1, 0.15) is 107 Å². The summed E-state index contributed by atoms with van der Waals surface area (Å²) in [4.78, 5) is 0. The molecule has 6 aromatic heterocycles. The second-order valence-corrected chi connectivity index (χ2v) is 55.1. The second kappa shape index (κ2) is 22.7. The Morgan fingerprint density at radius 3 is 1.07 bits per heavy atom. The lowest BCUT2D eigenvalue weighted by molar-refractivity contribution is 0.658. The molecule has 0 fully saturated rings. The molecule has 12 rings (SSSR count). The van der Waals surface area contributed by atoms with Crippen molar-refractivity contribution in [3.63, 3.8) is 0 Å². The van der Waals surface area contributed by atoms with Crippen LogP contribution in [-0.2, 0) is 64.2 Å². The van der Waals surface area contributed by atoms with Crippen molar-refractivity contribution < 1.29 is 0 Å². The van der Waals surface area contributed by atoms with Crippen LogP contribution in [0, 0.1) is 0 Å². The van der Waals surface area contributed by atoms with Crippen LogP contribution in [0.3, 0.4) is 0 Å². The molecule has 404 valence electrons. The highest BCUT2D eigenvalue weighted by molar-refractivity contribution is 6.76. The first-order chi connectivity index (χ1) is 34.5. The third-order valence-corrected chi connectivity index (χ3v) is 22.5. The Labute approximate surface area is 448 Å². The molecule has 0 radical (unpaired) electrons. The monoisotopic (exact) mass is 1110 g/mol. The van der Waals surface area contributed by atoms with Crippen molar-refractivity contribution in [2.45, 2.75) is 221 Å². The number of allylic oxidation sites excluding steroid dienone is 2. The van der Waals surface area contributed by atoms with E-state index in [9.17, 15) is 0 Å². The normalized spacial score (nSPS) is 16.4. The zero-order valence-corrected chi connectivity index (χ0v) is 54.7. The molecule has 74 heavy (non-hydrogen) atoms. The van der Waals surface area contributed by atoms with Crippen LogP contribution in [0.4, 0.5) is 0 Å². The highest BCUT2D eigenvalue weighted by Gasteiger charge is 2.30. The Hall–Kier alpha value is -4.38. The number of fused-ring (bicyclic) bond motifs is 6. The first-order valence-electron chi connectivity index (χ1n) is 27.5. The fourth-order valence-corrected chi connectivity index (χ4v) is 16.0. The minimum Gasteiger partial charge on any atom is -0.279 e. The summed E-state index contributed by atoms with van der Waals surface area (Å²) in [6.45, 7) is 41.1. The molecule has 0 aromatic carbocycles. The lowest BCUT2D eigenvalue weighted by atomic mass is 10.0. The first kappa shape index (κ1) is 57.3. The average molecular weight is 1110 g/mol. The molecule has 0 saturated heterocycles. The Balaban J connectivity index is 0.000000130. The Bertz CT molecular complexity index is 2820. The molecule has 6 heterocycles. The molecular formula is C50H90N18Si6. The van der Waals surface area contributed by atoms with Gasteiger partial charge in [-0.1, -0.05) is 27.8 Å². The SMILES string of the molecule is C[Si](C)(C)n1nc2c(n1)CC=C2.C[Si](C)(C)n1nc2c(n1)CCC2.C[Si](C)(C)n1nc2c(n1)CCCC2.C[Si](C)(C)n1nnc2c1CC=C2.C[Si](C)(C)n1nnc2c1CCC2.C[Si](C)(C)n1nnc2c1CCCC2. The highest BCUT2D eigenvalue weighted by Crippen LogP contribution is 2.25. The predicted octanol–water partition coefficient (Wildman–Crippen LogP) is 9.64. The molecule has 0 N–H and O–H groups in total. The molecule has 24 heteroatoms. The summed E-state index contributed by atoms with van der Waals surface area (Å²) in [5.41, 5.74) is 14.9. The van der Waals surface area contributed by atoms with Crippen molar-refractivity contribution in [1.29, 1.82) is 0 Å². The molecule has 0 aliphatic heterocycles. The molecule has 0 atom stereocenters. The molecule has 0 amide bonds. The van der Waals surface area contributed by atoms with Crippen molar-refractivity contribution in [2.24, 2.45) is 0 Å². The van der Waals surface area contributed by atoms with Gasteiger partial charge in [0.05, 0.1) is 56.9 Å². The number of hydrogen-bond acceptors (Lipinski definition) is 12. The van der Waals surface area contributed by atoms with Gasteiger partial charge in [0.15, 0.2) is 24.7 Å². The molecule has 18 nitrogen and oxygen atoms in total. The molecule has 0 unspecified atom stereocenters. The fraction of sp³-hybridized carbons (Fsp3) is 0.680. The van der Waals surface area contributed by atoms with Crippen molar-refractivity contribution in [3.05, 3.63) is 80.5 Å². The van der Waals surface area contributed by atoms with Crippen molar-refractivity contribution in [2.75, 3.05) is 0 Å². The zero-order chi connectivity index (χ0) is 54.0. The van der Waals surface area contributed by atoms with Crippen LogP contribution >= 0.6 is 0 Å². The van der Waals surface area contributed by atoms with E-state index in [1.807, 2.05) is 13.4 Å². The van der Waals surface area contributed by atoms with Gasteiger partial charge in [-0.25, -0.2) is 13.4 Å². The van der Waals surface area contributed by atoms with Crippen molar-refractivity contribution >= 4 is 61.6 Å². The maximum Gasteiger partial charge on any atom is 0.202 e. The number of rotatable bonds is 6. The molecular weight excluding hydrogens is 1020 g/mol. The zero-order valence-electron chi connectivity index (χ0n) is 48.7. The molecule has 0 spiro atoms. The van der Waals surface area contributed by atoms with Gasteiger partial charge in [0.25, 0.3) is 0 Å². The van der Waals surface area contributed by atoms with Gasteiger partial charge in [-0.3, -0.25) is 13.0 Å². The Kier molecular flexibility index (Phi) is 17.6. The first-order valence-corrected chi connectivity index (χ1v) is 48.2. The second-order valence-electron chi connectivity index (χ2n) is 26.6. The van der Waals surface area contributed by atoms with Gasteiger partial charge in [-0.05, 0) is 220 Å². The molecule has 6 aliphatic carbocycles. The van der Waals surface area contributed by atoms with Crippen LogP contribution < -0.4 is 0 Å². The van der Waals surface area contributed by atoms with Crippen LogP contribution in [0.5, 0.6) is 0 Å². The Morgan fingerprint density at radius 1 is 0.297 bits per heavy atom. The minimum atomic E-state index is -1.37. The van der Waals surface area contributed by atoms with E-state index >= 15 is 0 Å². The van der Waals surface area contributed by atoms with Gasteiger partial charge >= 0.3 is 0 Å². The van der Waals surface area contributed by atoms with E-state index in [1.54, 1.807) is 0 Å². The quantitative estimate of drug-likeness (QED) is 0.144. The van der Waals surface area contributed by atoms with Crippen LogP contribution in [-0.4, -0.2) is 137 Å². The van der Waals surface area contributed by atoms with Gasteiger partial charge in [0.1, 0.15) is 11.4 Å². The topological polar surface area (TPSA) is 184 Å². The van der Waals surface area contributed by atoms with E-state index in [2.05, 4.69) is 217 Å². The molecule has 0 bridgehead atoms. The van der Waals surface area contributed by atoms with E-state index < -0.39 is 49.4 Å². The number of aryl methyl sites for hydroxylation is 6. The van der Waals surface area contributed by atoms with Gasteiger partial charge in [0, 0.05) is 12.8 Å². The highest BCUT2D eigenvalue weighted by atomic mass is 28.3. The maximum absolute atomic E-state index is 4.59. The van der Waals surface area contributed by atoms with E-state index in [1.165, 1.54) is 103 Å². The summed E-state index contributed by atoms with van der Waals surface area (Å²) < 4.78 is 12.5. The summed E-state index contributed by atoms with van der Waals surface area (Å²) in [5.74, 6) is 0. The molecule has 0 saturated carbocycles. The van der Waals surface area contributed by atoms with E-state index in [4.69, 9.17) is 0 Å². The summed E-state index contributed by atoms with van der Waals surface area (Å²) in [7, 11) is -8.00. The number of hydrogen-bond donors (Lipinski definition) is 0. The lowest BCUT2D eigenvalue weighted by Crippen LogP contribution is -2.35. The summed E-state index contributed by atoms with van der Waals surface area (Å²) in [6, 6.07) is 0. The minimum absolute atomic E-state index is 0.958.